The molecular weight excluding hydrogens is 431 g/mol. The third-order valence-electron chi connectivity index (χ3n) is 9.05. The maximum absolute atomic E-state index is 15.8. The molecule has 7 heteroatoms. The maximum Gasteiger partial charge on any atom is 0.262 e. The fourth-order valence-corrected chi connectivity index (χ4v) is 7.81. The molecule has 2 N–H and O–H groups in total. The van der Waals surface area contributed by atoms with Crippen LogP contribution >= 0.6 is 0 Å². The average molecular weight is 467 g/mol. The first-order valence-electron chi connectivity index (χ1n) is 12.6. The number of carbonyl (C=O) groups is 1. The number of aliphatic imine (C=N–C) groups is 1. The quantitative estimate of drug-likeness (QED) is 0.722. The Morgan fingerprint density at radius 1 is 1.24 bits per heavy atom. The summed E-state index contributed by atoms with van der Waals surface area (Å²) in [7, 11) is 1.75. The first-order chi connectivity index (χ1) is 16.2. The first kappa shape index (κ1) is 23.3. The third kappa shape index (κ3) is 3.21. The highest BCUT2D eigenvalue weighted by molar-refractivity contribution is 6.08. The molecule has 2 unspecified atom stereocenters. The number of rotatable bonds is 3. The number of halogens is 1. The van der Waals surface area contributed by atoms with Crippen molar-refractivity contribution in [2.45, 2.75) is 82.5 Å². The highest BCUT2D eigenvalue weighted by Gasteiger charge is 2.68. The van der Waals surface area contributed by atoms with Gasteiger partial charge in [0.15, 0.2) is 11.5 Å². The maximum atomic E-state index is 15.8. The van der Waals surface area contributed by atoms with Crippen LogP contribution in [-0.4, -0.2) is 42.2 Å². The number of nitriles is 1. The summed E-state index contributed by atoms with van der Waals surface area (Å²) in [5, 5.41) is 9.60. The summed E-state index contributed by atoms with van der Waals surface area (Å²) in [5.41, 5.74) is 5.61. The second-order valence-corrected chi connectivity index (χ2v) is 11.3. The average Bonchev–Trinajstić information content (AvgIpc) is 3.19. The van der Waals surface area contributed by atoms with Gasteiger partial charge >= 0.3 is 0 Å². The number of methoxy groups -OCH3 is 1. The molecule has 5 rings (SSSR count). The van der Waals surface area contributed by atoms with E-state index in [0.717, 1.165) is 43.2 Å². The van der Waals surface area contributed by atoms with Crippen molar-refractivity contribution in [2.75, 3.05) is 13.7 Å². The van der Waals surface area contributed by atoms with Crippen molar-refractivity contribution in [3.8, 4) is 6.07 Å². The summed E-state index contributed by atoms with van der Waals surface area (Å²) in [6.45, 7) is 4.30. The minimum Gasteiger partial charge on any atom is -0.381 e. The number of nitrogens with zero attached hydrogens (tertiary/aromatic N) is 3. The minimum atomic E-state index is -1.43. The minimum absolute atomic E-state index is 0.0436. The summed E-state index contributed by atoms with van der Waals surface area (Å²) in [6, 6.07) is 7.79. The lowest BCUT2D eigenvalue weighted by Gasteiger charge is -2.50. The molecule has 1 aliphatic heterocycles. The molecule has 1 heterocycles. The normalized spacial score (nSPS) is 36.6. The first-order valence-corrected chi connectivity index (χ1v) is 12.6. The zero-order chi connectivity index (χ0) is 24.3. The molecule has 1 aromatic rings. The van der Waals surface area contributed by atoms with E-state index in [1.54, 1.807) is 7.11 Å². The molecule has 6 nitrogen and oxygen atoms in total. The predicted octanol–water partition coefficient (Wildman–Crippen LogP) is 4.21. The van der Waals surface area contributed by atoms with Crippen LogP contribution in [0.4, 0.5) is 4.39 Å². The summed E-state index contributed by atoms with van der Waals surface area (Å²) in [4.78, 5) is 20.8. The van der Waals surface area contributed by atoms with E-state index >= 15 is 4.39 Å². The largest absolute Gasteiger partial charge is 0.381 e. The Hall–Kier alpha value is -2.46. The number of fused-ring (bicyclic) bond motifs is 3. The van der Waals surface area contributed by atoms with Crippen LogP contribution in [0.2, 0.25) is 0 Å². The summed E-state index contributed by atoms with van der Waals surface area (Å²) >= 11 is 0. The van der Waals surface area contributed by atoms with Crippen molar-refractivity contribution in [3.63, 3.8) is 0 Å². The Kier molecular flexibility index (Phi) is 5.51. The molecule has 4 aliphatic rings. The van der Waals surface area contributed by atoms with Gasteiger partial charge in [0.25, 0.3) is 5.91 Å². The molecule has 0 bridgehead atoms. The molecule has 3 aliphatic carbocycles. The molecule has 1 aromatic carbocycles. The zero-order valence-electron chi connectivity index (χ0n) is 20.4. The van der Waals surface area contributed by atoms with Gasteiger partial charge in [-0.3, -0.25) is 9.69 Å². The molecule has 1 amide bonds. The fraction of sp³-hybridized carbons (Fsp3) is 0.667. The molecule has 34 heavy (non-hydrogen) atoms. The van der Waals surface area contributed by atoms with Crippen LogP contribution < -0.4 is 5.73 Å². The van der Waals surface area contributed by atoms with E-state index in [-0.39, 0.29) is 36.4 Å². The Bertz CT molecular complexity index is 1060. The summed E-state index contributed by atoms with van der Waals surface area (Å²) in [6.07, 6.45) is 5.87. The summed E-state index contributed by atoms with van der Waals surface area (Å²) in [5.74, 6) is 0.326. The van der Waals surface area contributed by atoms with Crippen LogP contribution in [0.3, 0.4) is 0 Å². The Balaban J connectivity index is 1.62. The Morgan fingerprint density at radius 3 is 2.53 bits per heavy atom. The van der Waals surface area contributed by atoms with Crippen LogP contribution in [0.25, 0.3) is 0 Å². The van der Waals surface area contributed by atoms with Crippen molar-refractivity contribution >= 4 is 11.9 Å². The van der Waals surface area contributed by atoms with Crippen molar-refractivity contribution < 1.29 is 13.9 Å². The molecular formula is C27H35FN4O2. The van der Waals surface area contributed by atoms with E-state index in [4.69, 9.17) is 15.5 Å². The van der Waals surface area contributed by atoms with Gasteiger partial charge in [0, 0.05) is 12.5 Å². The van der Waals surface area contributed by atoms with Gasteiger partial charge in [-0.25, -0.2) is 9.38 Å². The smallest absolute Gasteiger partial charge is 0.262 e. The van der Waals surface area contributed by atoms with Gasteiger partial charge in [0.1, 0.15) is 5.67 Å². The van der Waals surface area contributed by atoms with E-state index < -0.39 is 16.6 Å². The fourth-order valence-electron chi connectivity index (χ4n) is 7.81. The zero-order valence-corrected chi connectivity index (χ0v) is 20.4. The second-order valence-electron chi connectivity index (χ2n) is 11.3. The topological polar surface area (TPSA) is 91.7 Å². The lowest BCUT2D eigenvalue weighted by atomic mass is 9.56. The van der Waals surface area contributed by atoms with E-state index in [9.17, 15) is 10.1 Å². The van der Waals surface area contributed by atoms with Crippen molar-refractivity contribution in [3.05, 3.63) is 34.9 Å². The number of nitrogens with two attached hydrogens (primary N) is 1. The molecule has 2 fully saturated rings. The van der Waals surface area contributed by atoms with Gasteiger partial charge < -0.3 is 10.5 Å². The number of carbonyl (C=O) groups excluding carboxylic acids is 1. The number of hydrogen-bond donors (Lipinski definition) is 1. The standard InChI is InChI=1S/C27H35FN4O2/c1-17-12-25(13-18(2)22(17)34-3)14-20-8-7-19(15-29)11-21(20)27(25)23(33)32(24(30)31-27)16-26(28)9-5-4-6-10-26/h7-8,11,17-18,22H,4-6,9-10,12-14,16H2,1-3H3,(H2,30,31)/t17-,18+,22?,25?,27-/m1/s1. The lowest BCUT2D eigenvalue weighted by molar-refractivity contribution is -0.143. The highest BCUT2D eigenvalue weighted by atomic mass is 19.1. The number of hydrogen-bond acceptors (Lipinski definition) is 5. The highest BCUT2D eigenvalue weighted by Crippen LogP contribution is 2.63. The number of alkyl halides is 1. The van der Waals surface area contributed by atoms with Gasteiger partial charge in [-0.1, -0.05) is 39.2 Å². The van der Waals surface area contributed by atoms with E-state index in [1.807, 2.05) is 18.2 Å². The van der Waals surface area contributed by atoms with Gasteiger partial charge in [-0.15, -0.1) is 0 Å². The van der Waals surface area contributed by atoms with Crippen LogP contribution in [0.15, 0.2) is 23.2 Å². The third-order valence-corrected chi connectivity index (χ3v) is 9.05. The van der Waals surface area contributed by atoms with E-state index in [2.05, 4.69) is 19.9 Å². The molecule has 2 spiro atoms. The Morgan fingerprint density at radius 2 is 1.91 bits per heavy atom. The Labute approximate surface area is 201 Å². The van der Waals surface area contributed by atoms with Crippen molar-refractivity contribution in [1.82, 2.24) is 4.90 Å². The molecule has 5 atom stereocenters. The van der Waals surface area contributed by atoms with Gasteiger partial charge in [-0.05, 0) is 67.2 Å². The van der Waals surface area contributed by atoms with Gasteiger partial charge in [0.05, 0.1) is 24.3 Å². The SMILES string of the molecule is COC1[C@H](C)CC2(Cc3ccc(C#N)cc3[C@]23N=C(N)N(CC2(F)CCCCC2)C3=O)C[C@@H]1C. The van der Waals surface area contributed by atoms with Gasteiger partial charge in [-0.2, -0.15) is 5.26 Å². The van der Waals surface area contributed by atoms with Crippen LogP contribution in [0.5, 0.6) is 0 Å². The predicted molar refractivity (Wildman–Crippen MR) is 128 cm³/mol. The molecule has 0 aromatic heterocycles. The second kappa shape index (κ2) is 8.05. The summed E-state index contributed by atoms with van der Waals surface area (Å²) < 4.78 is 21.6. The van der Waals surface area contributed by atoms with Crippen molar-refractivity contribution in [1.29, 1.82) is 5.26 Å². The lowest BCUT2D eigenvalue weighted by Crippen LogP contribution is -2.56. The molecule has 2 saturated carbocycles. The molecule has 0 radical (unpaired) electrons. The monoisotopic (exact) mass is 466 g/mol. The van der Waals surface area contributed by atoms with E-state index in [0.29, 0.717) is 24.8 Å². The molecule has 182 valence electrons. The molecule has 0 saturated heterocycles. The number of benzene rings is 1. The number of guanidine groups is 1. The number of amides is 1. The van der Waals surface area contributed by atoms with Crippen molar-refractivity contribution in [2.24, 2.45) is 28.0 Å². The van der Waals surface area contributed by atoms with E-state index in [1.165, 1.54) is 4.90 Å². The van der Waals surface area contributed by atoms with Crippen LogP contribution in [0.1, 0.15) is 75.5 Å². The van der Waals surface area contributed by atoms with Gasteiger partial charge in [0.2, 0.25) is 0 Å². The number of ether oxygens (including phenoxy) is 1. The van der Waals surface area contributed by atoms with Crippen LogP contribution in [-0.2, 0) is 21.5 Å². The van der Waals surface area contributed by atoms with Crippen LogP contribution in [0, 0.1) is 28.6 Å².